The van der Waals surface area contributed by atoms with Crippen molar-refractivity contribution >= 4 is 5.91 Å². The Morgan fingerprint density at radius 1 is 1.00 bits per heavy atom. The molecule has 0 aliphatic heterocycles. The molecular formula is C23H28N4O. The Kier molecular flexibility index (Phi) is 6.98. The molecule has 0 aliphatic carbocycles. The van der Waals surface area contributed by atoms with Crippen LogP contribution in [0.25, 0.3) is 11.3 Å². The lowest BCUT2D eigenvalue weighted by Crippen LogP contribution is -2.34. The van der Waals surface area contributed by atoms with Crippen molar-refractivity contribution in [2.75, 3.05) is 26.2 Å². The van der Waals surface area contributed by atoms with Crippen molar-refractivity contribution in [3.63, 3.8) is 0 Å². The van der Waals surface area contributed by atoms with Crippen LogP contribution in [0, 0.1) is 0 Å². The minimum atomic E-state index is -0.0784. The van der Waals surface area contributed by atoms with Gasteiger partial charge < -0.3 is 10.2 Å². The molecule has 3 aromatic rings. The van der Waals surface area contributed by atoms with E-state index in [1.54, 1.807) is 0 Å². The number of hydrogen-bond donors (Lipinski definition) is 1. The molecule has 0 saturated heterocycles. The first kappa shape index (κ1) is 19.8. The molecule has 3 rings (SSSR count). The lowest BCUT2D eigenvalue weighted by molar-refractivity contribution is 0.0949. The molecule has 5 heteroatoms. The summed E-state index contributed by atoms with van der Waals surface area (Å²) in [6, 6.07) is 20.0. The average Bonchev–Trinajstić information content (AvgIpc) is 3.16. The first-order chi connectivity index (χ1) is 13.7. The maximum absolute atomic E-state index is 12.9. The van der Waals surface area contributed by atoms with Gasteiger partial charge in [-0.2, -0.15) is 5.10 Å². The normalized spacial score (nSPS) is 11.0. The van der Waals surface area contributed by atoms with Gasteiger partial charge in [0.1, 0.15) is 5.69 Å². The summed E-state index contributed by atoms with van der Waals surface area (Å²) in [6.45, 7) is 8.33. The Morgan fingerprint density at radius 2 is 1.64 bits per heavy atom. The van der Waals surface area contributed by atoms with E-state index in [2.05, 4.69) is 36.2 Å². The SMILES string of the molecule is CCN(CC)CCNC(=O)c1cn(Cc2ccccc2)nc1-c1ccccc1. The molecule has 1 N–H and O–H groups in total. The van der Waals surface area contributed by atoms with E-state index in [0.29, 0.717) is 18.7 Å². The van der Waals surface area contributed by atoms with E-state index in [-0.39, 0.29) is 5.91 Å². The first-order valence-corrected chi connectivity index (χ1v) is 9.88. The molecule has 5 nitrogen and oxygen atoms in total. The molecule has 0 saturated carbocycles. The molecule has 146 valence electrons. The lowest BCUT2D eigenvalue weighted by Gasteiger charge is -2.17. The van der Waals surface area contributed by atoms with Gasteiger partial charge in [-0.3, -0.25) is 9.48 Å². The Morgan fingerprint density at radius 3 is 2.29 bits per heavy atom. The van der Waals surface area contributed by atoms with Crippen LogP contribution >= 0.6 is 0 Å². The van der Waals surface area contributed by atoms with Gasteiger partial charge in [0.25, 0.3) is 5.91 Å². The van der Waals surface area contributed by atoms with Gasteiger partial charge >= 0.3 is 0 Å². The van der Waals surface area contributed by atoms with E-state index in [1.165, 1.54) is 0 Å². The van der Waals surface area contributed by atoms with Gasteiger partial charge in [0, 0.05) is 24.8 Å². The molecule has 0 radical (unpaired) electrons. The molecule has 0 spiro atoms. The molecule has 0 atom stereocenters. The first-order valence-electron chi connectivity index (χ1n) is 9.88. The zero-order valence-electron chi connectivity index (χ0n) is 16.6. The number of amides is 1. The van der Waals surface area contributed by atoms with Crippen LogP contribution in [0.3, 0.4) is 0 Å². The van der Waals surface area contributed by atoms with E-state index in [1.807, 2.05) is 59.4 Å². The van der Waals surface area contributed by atoms with Crippen molar-refractivity contribution in [3.05, 3.63) is 78.0 Å². The molecule has 1 heterocycles. The van der Waals surface area contributed by atoms with E-state index >= 15 is 0 Å². The Bertz CT molecular complexity index is 870. The Balaban J connectivity index is 1.80. The summed E-state index contributed by atoms with van der Waals surface area (Å²) in [5, 5.41) is 7.77. The van der Waals surface area contributed by atoms with E-state index in [0.717, 1.165) is 36.5 Å². The van der Waals surface area contributed by atoms with Crippen LogP contribution in [-0.4, -0.2) is 46.8 Å². The largest absolute Gasteiger partial charge is 0.351 e. The standard InChI is InChI=1S/C23H28N4O/c1-3-26(4-2)16-15-24-23(28)21-18-27(17-19-11-7-5-8-12-19)25-22(21)20-13-9-6-10-14-20/h5-14,18H,3-4,15-17H2,1-2H3,(H,24,28). The highest BCUT2D eigenvalue weighted by Crippen LogP contribution is 2.22. The average molecular weight is 377 g/mol. The number of nitrogens with one attached hydrogen (secondary N) is 1. The van der Waals surface area contributed by atoms with E-state index in [9.17, 15) is 4.79 Å². The number of aromatic nitrogens is 2. The number of benzene rings is 2. The van der Waals surface area contributed by atoms with Crippen LogP contribution < -0.4 is 5.32 Å². The highest BCUT2D eigenvalue weighted by molar-refractivity contribution is 5.99. The minimum Gasteiger partial charge on any atom is -0.351 e. The van der Waals surface area contributed by atoms with E-state index in [4.69, 9.17) is 5.10 Å². The number of carbonyl (C=O) groups excluding carboxylic acids is 1. The summed E-state index contributed by atoms with van der Waals surface area (Å²) in [4.78, 5) is 15.2. The maximum Gasteiger partial charge on any atom is 0.255 e. The fourth-order valence-corrected chi connectivity index (χ4v) is 3.21. The van der Waals surface area contributed by atoms with E-state index < -0.39 is 0 Å². The second-order valence-corrected chi connectivity index (χ2v) is 6.72. The Hall–Kier alpha value is -2.92. The summed E-state index contributed by atoms with van der Waals surface area (Å²) < 4.78 is 1.84. The molecule has 0 fully saturated rings. The summed E-state index contributed by atoms with van der Waals surface area (Å²) in [5.74, 6) is -0.0784. The van der Waals surface area contributed by atoms with Crippen molar-refractivity contribution in [1.29, 1.82) is 0 Å². The molecule has 0 unspecified atom stereocenters. The molecule has 0 aliphatic rings. The van der Waals surface area contributed by atoms with Gasteiger partial charge in [-0.15, -0.1) is 0 Å². The van der Waals surface area contributed by atoms with Gasteiger partial charge in [-0.25, -0.2) is 0 Å². The van der Waals surface area contributed by atoms with Crippen LogP contribution in [0.5, 0.6) is 0 Å². The van der Waals surface area contributed by atoms with Crippen molar-refractivity contribution in [1.82, 2.24) is 20.0 Å². The van der Waals surface area contributed by atoms with Crippen molar-refractivity contribution in [2.24, 2.45) is 0 Å². The molecule has 2 aromatic carbocycles. The van der Waals surface area contributed by atoms with Crippen LogP contribution in [0.15, 0.2) is 66.9 Å². The topological polar surface area (TPSA) is 50.2 Å². The highest BCUT2D eigenvalue weighted by atomic mass is 16.1. The smallest absolute Gasteiger partial charge is 0.255 e. The number of hydrogen-bond acceptors (Lipinski definition) is 3. The number of rotatable bonds is 9. The van der Waals surface area contributed by atoms with Crippen molar-refractivity contribution < 1.29 is 4.79 Å². The quantitative estimate of drug-likeness (QED) is 0.620. The molecule has 0 bridgehead atoms. The van der Waals surface area contributed by atoms with Crippen LogP contribution in [-0.2, 0) is 6.54 Å². The third-order valence-corrected chi connectivity index (χ3v) is 4.85. The summed E-state index contributed by atoms with van der Waals surface area (Å²) in [6.07, 6.45) is 1.85. The number of nitrogens with zero attached hydrogens (tertiary/aromatic N) is 3. The van der Waals surface area contributed by atoms with Gasteiger partial charge in [0.15, 0.2) is 0 Å². The molecule has 1 amide bonds. The monoisotopic (exact) mass is 376 g/mol. The zero-order valence-corrected chi connectivity index (χ0v) is 16.6. The third kappa shape index (κ3) is 5.08. The van der Waals surface area contributed by atoms with Gasteiger partial charge in [0.05, 0.1) is 12.1 Å². The maximum atomic E-state index is 12.9. The summed E-state index contributed by atoms with van der Waals surface area (Å²) in [5.41, 5.74) is 3.43. The molecule has 1 aromatic heterocycles. The fraction of sp³-hybridized carbons (Fsp3) is 0.304. The van der Waals surface area contributed by atoms with Crippen LogP contribution in [0.2, 0.25) is 0 Å². The second kappa shape index (κ2) is 9.85. The lowest BCUT2D eigenvalue weighted by atomic mass is 10.1. The van der Waals surface area contributed by atoms with Gasteiger partial charge in [0.2, 0.25) is 0 Å². The zero-order chi connectivity index (χ0) is 19.8. The van der Waals surface area contributed by atoms with Crippen LogP contribution in [0.4, 0.5) is 0 Å². The minimum absolute atomic E-state index is 0.0784. The highest BCUT2D eigenvalue weighted by Gasteiger charge is 2.18. The predicted octanol–water partition coefficient (Wildman–Crippen LogP) is 3.67. The second-order valence-electron chi connectivity index (χ2n) is 6.72. The predicted molar refractivity (Wildman–Crippen MR) is 113 cm³/mol. The molecular weight excluding hydrogens is 348 g/mol. The van der Waals surface area contributed by atoms with Gasteiger partial charge in [-0.1, -0.05) is 74.5 Å². The summed E-state index contributed by atoms with van der Waals surface area (Å²) >= 11 is 0. The van der Waals surface area contributed by atoms with Crippen LogP contribution in [0.1, 0.15) is 29.8 Å². The van der Waals surface area contributed by atoms with Crippen molar-refractivity contribution in [2.45, 2.75) is 20.4 Å². The van der Waals surface area contributed by atoms with Crippen molar-refractivity contribution in [3.8, 4) is 11.3 Å². The number of likely N-dealkylation sites (N-methyl/N-ethyl adjacent to an activating group) is 1. The molecule has 28 heavy (non-hydrogen) atoms. The van der Waals surface area contributed by atoms with Gasteiger partial charge in [-0.05, 0) is 18.7 Å². The third-order valence-electron chi connectivity index (χ3n) is 4.85. The summed E-state index contributed by atoms with van der Waals surface area (Å²) in [7, 11) is 0. The number of carbonyl (C=O) groups is 1. The fourth-order valence-electron chi connectivity index (χ4n) is 3.21. The Labute approximate surface area is 167 Å².